The van der Waals surface area contributed by atoms with Crippen molar-refractivity contribution in [2.24, 2.45) is 0 Å². The number of hydrogen-bond acceptors (Lipinski definition) is 5. The highest BCUT2D eigenvalue weighted by molar-refractivity contribution is 6.42. The number of halogens is 4. The van der Waals surface area contributed by atoms with Gasteiger partial charge in [-0.25, -0.2) is 4.39 Å². The number of nitrogens with one attached hydrogen (secondary N) is 1. The maximum Gasteiger partial charge on any atom is 0.471 e. The fourth-order valence-corrected chi connectivity index (χ4v) is 2.26. The van der Waals surface area contributed by atoms with Gasteiger partial charge >= 0.3 is 12.1 Å². The highest BCUT2D eigenvalue weighted by atomic mass is 19.4. The number of ketones is 1. The molecule has 0 radical (unpaired) electrons. The first-order valence-electron chi connectivity index (χ1n) is 7.83. The Labute approximate surface area is 155 Å². The van der Waals surface area contributed by atoms with Gasteiger partial charge in [-0.2, -0.15) is 18.2 Å². The van der Waals surface area contributed by atoms with E-state index in [9.17, 15) is 27.2 Å². The second-order valence-electron chi connectivity index (χ2n) is 5.60. The van der Waals surface area contributed by atoms with Crippen molar-refractivity contribution in [3.8, 4) is 11.4 Å². The van der Waals surface area contributed by atoms with E-state index in [0.29, 0.717) is 0 Å². The lowest BCUT2D eigenvalue weighted by Gasteiger charge is -2.06. The zero-order valence-electron chi connectivity index (χ0n) is 14.0. The number of benzene rings is 2. The summed E-state index contributed by atoms with van der Waals surface area (Å²) in [5.41, 5.74) is 0.383. The lowest BCUT2D eigenvalue weighted by molar-refractivity contribution is -0.159. The van der Waals surface area contributed by atoms with Crippen LogP contribution >= 0.6 is 0 Å². The van der Waals surface area contributed by atoms with Crippen molar-refractivity contribution in [1.29, 1.82) is 0 Å². The van der Waals surface area contributed by atoms with Crippen LogP contribution in [0.15, 0.2) is 53.1 Å². The Morgan fingerprint density at radius 3 is 2.32 bits per heavy atom. The van der Waals surface area contributed by atoms with Gasteiger partial charge in [-0.05, 0) is 6.07 Å². The van der Waals surface area contributed by atoms with Crippen molar-refractivity contribution in [1.82, 2.24) is 15.5 Å². The summed E-state index contributed by atoms with van der Waals surface area (Å²) in [4.78, 5) is 27.3. The molecule has 0 spiro atoms. The van der Waals surface area contributed by atoms with E-state index in [1.54, 1.807) is 6.07 Å². The van der Waals surface area contributed by atoms with Gasteiger partial charge in [0.05, 0.1) is 0 Å². The van der Waals surface area contributed by atoms with Crippen LogP contribution in [-0.4, -0.2) is 21.8 Å². The van der Waals surface area contributed by atoms with Crippen LogP contribution in [0.2, 0.25) is 0 Å². The Morgan fingerprint density at radius 1 is 1.04 bits per heavy atom. The molecule has 0 fully saturated rings. The van der Waals surface area contributed by atoms with E-state index in [0.717, 1.165) is 0 Å². The van der Waals surface area contributed by atoms with Crippen molar-refractivity contribution >= 4 is 11.7 Å². The van der Waals surface area contributed by atoms with E-state index >= 15 is 0 Å². The molecule has 0 aliphatic carbocycles. The number of nitrogens with zero attached hydrogens (tertiary/aromatic N) is 2. The van der Waals surface area contributed by atoms with E-state index < -0.39 is 29.6 Å². The number of carbonyl (C=O) groups is 2. The third kappa shape index (κ3) is 4.22. The van der Waals surface area contributed by atoms with Gasteiger partial charge in [0.25, 0.3) is 5.91 Å². The monoisotopic (exact) mass is 393 g/mol. The van der Waals surface area contributed by atoms with Crippen molar-refractivity contribution in [3.05, 3.63) is 71.4 Å². The normalized spacial score (nSPS) is 11.3. The second-order valence-corrected chi connectivity index (χ2v) is 5.60. The maximum absolute atomic E-state index is 13.5. The van der Waals surface area contributed by atoms with Gasteiger partial charge in [-0.1, -0.05) is 47.6 Å². The highest BCUT2D eigenvalue weighted by Gasteiger charge is 2.38. The second kappa shape index (κ2) is 7.59. The van der Waals surface area contributed by atoms with Gasteiger partial charge in [-0.15, -0.1) is 0 Å². The molecule has 0 atom stereocenters. The molecule has 3 aromatic rings. The molecule has 6 nitrogen and oxygen atoms in total. The molecule has 0 aliphatic rings. The van der Waals surface area contributed by atoms with Crippen LogP contribution in [0.4, 0.5) is 17.6 Å². The molecule has 144 valence electrons. The van der Waals surface area contributed by atoms with Crippen LogP contribution in [0.1, 0.15) is 21.8 Å². The predicted octanol–water partition coefficient (Wildman–Crippen LogP) is 3.39. The summed E-state index contributed by atoms with van der Waals surface area (Å²) in [5.74, 6) is -4.15. The van der Waals surface area contributed by atoms with Crippen molar-refractivity contribution in [2.45, 2.75) is 12.7 Å². The predicted molar refractivity (Wildman–Crippen MR) is 87.3 cm³/mol. The summed E-state index contributed by atoms with van der Waals surface area (Å²) in [6, 6.07) is 10.8. The number of aromatic nitrogens is 2. The Bertz CT molecular complexity index is 1010. The number of rotatable bonds is 5. The lowest BCUT2D eigenvalue weighted by Crippen LogP contribution is -2.30. The highest BCUT2D eigenvalue weighted by Crippen LogP contribution is 2.29. The molecule has 10 heteroatoms. The molecule has 0 aliphatic heterocycles. The van der Waals surface area contributed by atoms with Crippen molar-refractivity contribution in [2.75, 3.05) is 0 Å². The van der Waals surface area contributed by atoms with Gasteiger partial charge in [0.15, 0.2) is 0 Å². The van der Waals surface area contributed by atoms with E-state index in [-0.39, 0.29) is 29.1 Å². The molecule has 0 saturated carbocycles. The summed E-state index contributed by atoms with van der Waals surface area (Å²) < 4.78 is 55.1. The Hall–Kier alpha value is -3.56. The largest absolute Gasteiger partial charge is 0.471 e. The Kier molecular flexibility index (Phi) is 5.21. The minimum Gasteiger partial charge on any atom is -0.345 e. The minimum absolute atomic E-state index is 0.00526. The van der Waals surface area contributed by atoms with Crippen LogP contribution in [0.3, 0.4) is 0 Å². The summed E-state index contributed by atoms with van der Waals surface area (Å²) in [6.07, 6.45) is -4.77. The zero-order chi connectivity index (χ0) is 20.3. The molecule has 1 N–H and O–H groups in total. The molecule has 1 amide bonds. The number of Topliss-reactive ketones (excluding diaryl/α,β-unsaturated/α-hetero) is 1. The smallest absolute Gasteiger partial charge is 0.345 e. The summed E-state index contributed by atoms with van der Waals surface area (Å²) in [6.45, 7) is -0.168. The number of carbonyl (C=O) groups excluding carboxylic acids is 2. The quantitative estimate of drug-likeness (QED) is 0.408. The molecule has 0 unspecified atom stereocenters. The number of hydrogen-bond donors (Lipinski definition) is 1. The van der Waals surface area contributed by atoms with E-state index in [4.69, 9.17) is 0 Å². The average Bonchev–Trinajstić information content (AvgIpc) is 3.17. The Balaban J connectivity index is 1.67. The fraction of sp³-hybridized carbons (Fsp3) is 0.111. The topological polar surface area (TPSA) is 85.1 Å². The molecule has 2 aromatic carbocycles. The first kappa shape index (κ1) is 19.2. The number of alkyl halides is 3. The van der Waals surface area contributed by atoms with Crippen LogP contribution in [0.5, 0.6) is 0 Å². The van der Waals surface area contributed by atoms with E-state index in [1.165, 1.54) is 42.5 Å². The van der Waals surface area contributed by atoms with E-state index in [1.807, 2.05) is 0 Å². The molecular weight excluding hydrogens is 382 g/mol. The average molecular weight is 393 g/mol. The molecule has 1 aromatic heterocycles. The summed E-state index contributed by atoms with van der Waals surface area (Å²) in [7, 11) is 0. The van der Waals surface area contributed by atoms with Gasteiger partial charge in [-0.3, -0.25) is 9.59 Å². The molecule has 1 heterocycles. The first-order valence-corrected chi connectivity index (χ1v) is 7.83. The summed E-state index contributed by atoms with van der Waals surface area (Å²) >= 11 is 0. The molecular formula is C18H11F4N3O3. The number of amides is 1. The molecule has 0 saturated heterocycles. The SMILES string of the molecule is O=C(NCc1ccccc1F)C(=O)c1ccc(-c2noc(C(F)(F)F)n2)cc1. The summed E-state index contributed by atoms with van der Waals surface area (Å²) in [5, 5.41) is 5.54. The first-order chi connectivity index (χ1) is 13.3. The van der Waals surface area contributed by atoms with Crippen molar-refractivity contribution < 1.29 is 31.7 Å². The zero-order valence-corrected chi connectivity index (χ0v) is 14.0. The van der Waals surface area contributed by atoms with Gasteiger partial charge < -0.3 is 9.84 Å². The van der Waals surface area contributed by atoms with Crippen LogP contribution in [-0.2, 0) is 17.5 Å². The van der Waals surface area contributed by atoms with Crippen LogP contribution < -0.4 is 5.32 Å². The van der Waals surface area contributed by atoms with Gasteiger partial charge in [0, 0.05) is 23.2 Å². The Morgan fingerprint density at radius 2 is 1.71 bits per heavy atom. The third-order valence-corrected chi connectivity index (χ3v) is 3.68. The van der Waals surface area contributed by atoms with Crippen LogP contribution in [0.25, 0.3) is 11.4 Å². The molecule has 28 heavy (non-hydrogen) atoms. The lowest BCUT2D eigenvalue weighted by atomic mass is 10.1. The molecule has 3 rings (SSSR count). The van der Waals surface area contributed by atoms with Crippen LogP contribution in [0, 0.1) is 5.82 Å². The van der Waals surface area contributed by atoms with Gasteiger partial charge in [0.2, 0.25) is 11.6 Å². The third-order valence-electron chi connectivity index (χ3n) is 3.68. The van der Waals surface area contributed by atoms with Gasteiger partial charge in [0.1, 0.15) is 5.82 Å². The minimum atomic E-state index is -4.77. The maximum atomic E-state index is 13.5. The standard InChI is InChI=1S/C18H11F4N3O3/c19-13-4-2-1-3-12(13)9-23-16(27)14(26)10-5-7-11(8-6-10)15-24-17(28-25-15)18(20,21)22/h1-8H,9H2,(H,23,27). The van der Waals surface area contributed by atoms with Crippen molar-refractivity contribution in [3.63, 3.8) is 0 Å². The fourth-order valence-electron chi connectivity index (χ4n) is 2.26. The van der Waals surface area contributed by atoms with E-state index in [2.05, 4.69) is 20.0 Å². The molecule has 0 bridgehead atoms.